The van der Waals surface area contributed by atoms with Crippen LogP contribution < -0.4 is 10.9 Å². The molecule has 0 radical (unpaired) electrons. The Labute approximate surface area is 208 Å². The van der Waals surface area contributed by atoms with E-state index in [4.69, 9.17) is 0 Å². The molecule has 0 aliphatic heterocycles. The van der Waals surface area contributed by atoms with Gasteiger partial charge in [0.05, 0.1) is 6.54 Å². The maximum atomic E-state index is 14.0. The van der Waals surface area contributed by atoms with Crippen molar-refractivity contribution in [2.45, 2.75) is 25.9 Å². The van der Waals surface area contributed by atoms with E-state index >= 15 is 0 Å². The summed E-state index contributed by atoms with van der Waals surface area (Å²) in [7, 11) is 0. The number of pyridine rings is 1. The minimum Gasteiger partial charge on any atom is -0.354 e. The lowest BCUT2D eigenvalue weighted by Gasteiger charge is -2.09. The highest BCUT2D eigenvalue weighted by molar-refractivity contribution is 5.91. The second-order valence-electron chi connectivity index (χ2n) is 8.79. The lowest BCUT2D eigenvalue weighted by atomic mass is 10.0. The fraction of sp³-hybridized carbons (Fsp3) is 0.133. The summed E-state index contributed by atoms with van der Waals surface area (Å²) in [5.41, 5.74) is 5.65. The molecule has 3 aromatic carbocycles. The summed E-state index contributed by atoms with van der Waals surface area (Å²) in [4.78, 5) is 28.0. The molecule has 0 spiro atoms. The zero-order chi connectivity index (χ0) is 24.9. The Morgan fingerprint density at radius 1 is 0.889 bits per heavy atom. The molecular weight excluding hydrogens is 453 g/mol. The average Bonchev–Trinajstić information content (AvgIpc) is 3.26. The number of aromatic amines is 1. The third-order valence-electron chi connectivity index (χ3n) is 6.30. The smallest absolute Gasteiger partial charge is 0.250 e. The Balaban J connectivity index is 1.23. The minimum absolute atomic E-state index is 0.0396. The predicted octanol–water partition coefficient (Wildman–Crippen LogP) is 5.43. The summed E-state index contributed by atoms with van der Waals surface area (Å²) in [6.45, 7) is 0.916. The fourth-order valence-corrected chi connectivity index (χ4v) is 4.41. The van der Waals surface area contributed by atoms with E-state index in [9.17, 15) is 14.0 Å². The first-order chi connectivity index (χ1) is 17.6. The number of fused-ring (bicyclic) bond motifs is 1. The van der Waals surface area contributed by atoms with Crippen molar-refractivity contribution in [2.24, 2.45) is 0 Å². The van der Waals surface area contributed by atoms with Crippen LogP contribution in [0.1, 0.15) is 23.1 Å². The van der Waals surface area contributed by atoms with Crippen molar-refractivity contribution in [1.29, 1.82) is 0 Å². The van der Waals surface area contributed by atoms with Crippen LogP contribution in [0.3, 0.4) is 0 Å². The summed E-state index contributed by atoms with van der Waals surface area (Å²) in [5, 5.41) is 3.78. The Hall–Kier alpha value is -4.45. The molecule has 180 valence electrons. The van der Waals surface area contributed by atoms with Crippen LogP contribution in [0.5, 0.6) is 0 Å². The molecule has 0 unspecified atom stereocenters. The predicted molar refractivity (Wildman–Crippen MR) is 140 cm³/mol. The van der Waals surface area contributed by atoms with Gasteiger partial charge in [0.2, 0.25) is 5.91 Å². The molecule has 0 aliphatic carbocycles. The van der Waals surface area contributed by atoms with Crippen LogP contribution >= 0.6 is 0 Å². The average molecular weight is 480 g/mol. The van der Waals surface area contributed by atoms with E-state index in [-0.39, 0.29) is 23.7 Å². The van der Waals surface area contributed by atoms with Crippen LogP contribution in [-0.4, -0.2) is 15.5 Å². The SMILES string of the molecule is O=C(CCc1c(-c2ccccc2)[nH]c2ccc(F)cc12)NCc1ccc(Cn2ccccc2=O)cc1. The number of hydrogen-bond donors (Lipinski definition) is 2. The monoisotopic (exact) mass is 479 g/mol. The Morgan fingerprint density at radius 3 is 2.42 bits per heavy atom. The number of hydrogen-bond acceptors (Lipinski definition) is 2. The molecule has 5 nitrogen and oxygen atoms in total. The van der Waals surface area contributed by atoms with Crippen molar-refractivity contribution < 1.29 is 9.18 Å². The van der Waals surface area contributed by atoms with Gasteiger partial charge in [-0.1, -0.05) is 60.7 Å². The first-order valence-electron chi connectivity index (χ1n) is 11.9. The van der Waals surface area contributed by atoms with Gasteiger partial charge in [-0.15, -0.1) is 0 Å². The van der Waals surface area contributed by atoms with E-state index in [1.54, 1.807) is 29.0 Å². The number of halogens is 1. The van der Waals surface area contributed by atoms with E-state index in [2.05, 4.69) is 10.3 Å². The Bertz CT molecular complexity index is 1550. The maximum absolute atomic E-state index is 14.0. The van der Waals surface area contributed by atoms with Gasteiger partial charge in [-0.05, 0) is 52.9 Å². The minimum atomic E-state index is -0.299. The quantitative estimate of drug-likeness (QED) is 0.312. The second kappa shape index (κ2) is 10.4. The van der Waals surface area contributed by atoms with Gasteiger partial charge in [-0.2, -0.15) is 0 Å². The van der Waals surface area contributed by atoms with Gasteiger partial charge in [-0.3, -0.25) is 9.59 Å². The number of nitrogens with one attached hydrogen (secondary N) is 2. The number of aromatic nitrogens is 2. The molecule has 0 aliphatic rings. The van der Waals surface area contributed by atoms with Crippen LogP contribution in [0.2, 0.25) is 0 Å². The third-order valence-corrected chi connectivity index (χ3v) is 6.30. The molecular formula is C30H26FN3O2. The molecule has 36 heavy (non-hydrogen) atoms. The first-order valence-corrected chi connectivity index (χ1v) is 11.9. The zero-order valence-corrected chi connectivity index (χ0v) is 19.7. The molecule has 0 fully saturated rings. The van der Waals surface area contributed by atoms with E-state index in [1.165, 1.54) is 12.1 Å². The molecule has 1 amide bonds. The van der Waals surface area contributed by atoms with E-state index < -0.39 is 0 Å². The lowest BCUT2D eigenvalue weighted by Crippen LogP contribution is -2.23. The molecule has 2 N–H and O–H groups in total. The number of nitrogens with zero attached hydrogens (tertiary/aromatic N) is 1. The van der Waals surface area contributed by atoms with Gasteiger partial charge in [0, 0.05) is 41.8 Å². The molecule has 0 saturated heterocycles. The molecule has 0 bridgehead atoms. The van der Waals surface area contributed by atoms with Crippen molar-refractivity contribution in [3.63, 3.8) is 0 Å². The van der Waals surface area contributed by atoms with Crippen LogP contribution in [0.4, 0.5) is 4.39 Å². The Kier molecular flexibility index (Phi) is 6.76. The van der Waals surface area contributed by atoms with E-state index in [0.717, 1.165) is 38.9 Å². The second-order valence-corrected chi connectivity index (χ2v) is 8.79. The summed E-state index contributed by atoms with van der Waals surface area (Å²) < 4.78 is 15.6. The zero-order valence-electron chi connectivity index (χ0n) is 19.7. The van der Waals surface area contributed by atoms with Crippen molar-refractivity contribution in [1.82, 2.24) is 14.9 Å². The summed E-state index contributed by atoms with van der Waals surface area (Å²) in [6, 6.07) is 27.5. The number of benzene rings is 3. The highest BCUT2D eigenvalue weighted by atomic mass is 19.1. The van der Waals surface area contributed by atoms with Crippen LogP contribution in [0, 0.1) is 5.82 Å². The molecule has 6 heteroatoms. The van der Waals surface area contributed by atoms with Crippen LogP contribution in [-0.2, 0) is 24.3 Å². The highest BCUT2D eigenvalue weighted by Crippen LogP contribution is 2.31. The molecule has 0 saturated carbocycles. The summed E-state index contributed by atoms with van der Waals surface area (Å²) in [6.07, 6.45) is 2.55. The number of rotatable bonds is 8. The van der Waals surface area contributed by atoms with Gasteiger partial charge in [0.25, 0.3) is 5.56 Å². The van der Waals surface area contributed by atoms with Gasteiger partial charge in [-0.25, -0.2) is 4.39 Å². The molecule has 2 aromatic heterocycles. The molecule has 2 heterocycles. The first kappa shape index (κ1) is 23.3. The van der Waals surface area contributed by atoms with Crippen LogP contribution in [0.25, 0.3) is 22.2 Å². The van der Waals surface area contributed by atoms with Gasteiger partial charge in [0.15, 0.2) is 0 Å². The fourth-order valence-electron chi connectivity index (χ4n) is 4.41. The van der Waals surface area contributed by atoms with Crippen LogP contribution in [0.15, 0.2) is 102 Å². The van der Waals surface area contributed by atoms with E-state index in [0.29, 0.717) is 19.5 Å². The summed E-state index contributed by atoms with van der Waals surface area (Å²) in [5.74, 6) is -0.368. The normalized spacial score (nSPS) is 11.0. The number of amides is 1. The number of carbonyl (C=O) groups excluding carboxylic acids is 1. The molecule has 5 aromatic rings. The Morgan fingerprint density at radius 2 is 1.64 bits per heavy atom. The van der Waals surface area contributed by atoms with Gasteiger partial charge >= 0.3 is 0 Å². The van der Waals surface area contributed by atoms with Gasteiger partial charge < -0.3 is 14.9 Å². The standard InChI is InChI=1S/C30H26FN3O2/c31-24-13-15-27-26(18-24)25(30(33-27)23-6-2-1-3-7-23)14-16-28(35)32-19-21-9-11-22(12-10-21)20-34-17-5-4-8-29(34)36/h1-13,15,17-18,33H,14,16,19-20H2,(H,32,35). The topological polar surface area (TPSA) is 66.9 Å². The molecule has 0 atom stereocenters. The molecule has 5 rings (SSSR count). The lowest BCUT2D eigenvalue weighted by molar-refractivity contribution is -0.121. The summed E-state index contributed by atoms with van der Waals surface area (Å²) >= 11 is 0. The third kappa shape index (κ3) is 5.28. The highest BCUT2D eigenvalue weighted by Gasteiger charge is 2.15. The van der Waals surface area contributed by atoms with Crippen molar-refractivity contribution in [2.75, 3.05) is 0 Å². The van der Waals surface area contributed by atoms with Crippen molar-refractivity contribution in [3.05, 3.63) is 130 Å². The largest absolute Gasteiger partial charge is 0.354 e. The maximum Gasteiger partial charge on any atom is 0.250 e. The number of H-pyrrole nitrogens is 1. The van der Waals surface area contributed by atoms with Crippen molar-refractivity contribution in [3.8, 4) is 11.3 Å². The van der Waals surface area contributed by atoms with Crippen molar-refractivity contribution >= 4 is 16.8 Å². The number of aryl methyl sites for hydroxylation is 1. The van der Waals surface area contributed by atoms with E-state index in [1.807, 2.05) is 60.7 Å². The number of carbonyl (C=O) groups is 1. The van der Waals surface area contributed by atoms with Gasteiger partial charge in [0.1, 0.15) is 5.82 Å².